The van der Waals surface area contributed by atoms with Gasteiger partial charge in [0.05, 0.1) is 37.6 Å². The maximum absolute atomic E-state index is 14.6. The van der Waals surface area contributed by atoms with Crippen molar-refractivity contribution in [2.75, 3.05) is 42.6 Å². The number of halogens is 1. The first-order chi connectivity index (χ1) is 13.5. The number of anilines is 2. The van der Waals surface area contributed by atoms with E-state index in [0.717, 1.165) is 0 Å². The van der Waals surface area contributed by atoms with Crippen LogP contribution in [0.5, 0.6) is 0 Å². The number of nitrogens with one attached hydrogen (secondary N) is 1. The van der Waals surface area contributed by atoms with Gasteiger partial charge in [-0.25, -0.2) is 19.0 Å². The molecule has 2 aliphatic heterocycles. The SMILES string of the molecule is CCOC(=O)NC[C@H]1CN(c2ccc(N3C=NN(C=O)CC3)c(F)c2)C(=O)O1. The monoisotopic (exact) mass is 393 g/mol. The zero-order valence-corrected chi connectivity index (χ0v) is 15.2. The largest absolute Gasteiger partial charge is 0.450 e. The highest BCUT2D eigenvalue weighted by Crippen LogP contribution is 2.28. The molecule has 0 aliphatic carbocycles. The standard InChI is InChI=1S/C17H20FN5O5/c1-2-27-16(25)19-8-13-9-23(17(26)28-13)12-3-4-15(14(18)7-12)21-5-6-22(11-24)20-10-21/h3-4,7,10-11,13H,2,5-6,8-9H2,1H3,(H,19,25)/t13-/m0/s1. The number of cyclic esters (lactones) is 1. The van der Waals surface area contributed by atoms with E-state index < -0.39 is 24.1 Å². The molecule has 11 heteroatoms. The van der Waals surface area contributed by atoms with Gasteiger partial charge in [0, 0.05) is 6.54 Å². The Hall–Kier alpha value is -3.37. The lowest BCUT2D eigenvalue weighted by Gasteiger charge is -2.27. The molecule has 0 radical (unpaired) electrons. The summed E-state index contributed by atoms with van der Waals surface area (Å²) in [5.74, 6) is -0.538. The van der Waals surface area contributed by atoms with Gasteiger partial charge < -0.3 is 19.7 Å². The van der Waals surface area contributed by atoms with Crippen molar-refractivity contribution in [3.05, 3.63) is 24.0 Å². The minimum atomic E-state index is -0.621. The minimum absolute atomic E-state index is 0.0963. The average molecular weight is 393 g/mol. The summed E-state index contributed by atoms with van der Waals surface area (Å²) in [6.07, 6.45) is 0.187. The molecule has 0 unspecified atom stereocenters. The summed E-state index contributed by atoms with van der Waals surface area (Å²) in [5.41, 5.74) is 0.625. The van der Waals surface area contributed by atoms with Gasteiger partial charge in [-0.1, -0.05) is 0 Å². The third kappa shape index (κ3) is 4.30. The van der Waals surface area contributed by atoms with Gasteiger partial charge in [0.2, 0.25) is 6.41 Å². The summed E-state index contributed by atoms with van der Waals surface area (Å²) in [7, 11) is 0. The molecular weight excluding hydrogens is 373 g/mol. The second-order valence-corrected chi connectivity index (χ2v) is 6.05. The Morgan fingerprint density at radius 2 is 2.29 bits per heavy atom. The van der Waals surface area contributed by atoms with Crippen molar-refractivity contribution < 1.29 is 28.2 Å². The number of benzene rings is 1. The zero-order chi connectivity index (χ0) is 20.1. The van der Waals surface area contributed by atoms with Crippen LogP contribution < -0.4 is 15.1 Å². The smallest absolute Gasteiger partial charge is 0.414 e. The Morgan fingerprint density at radius 1 is 1.46 bits per heavy atom. The molecule has 1 fully saturated rings. The summed E-state index contributed by atoms with van der Waals surface area (Å²) in [6, 6.07) is 4.36. The summed E-state index contributed by atoms with van der Waals surface area (Å²) in [4.78, 5) is 37.0. The van der Waals surface area contributed by atoms with Crippen molar-refractivity contribution in [2.45, 2.75) is 13.0 Å². The average Bonchev–Trinajstić information content (AvgIpc) is 3.07. The van der Waals surface area contributed by atoms with E-state index in [1.165, 1.54) is 28.4 Å². The van der Waals surface area contributed by atoms with Gasteiger partial charge in [-0.3, -0.25) is 9.69 Å². The van der Waals surface area contributed by atoms with Crippen molar-refractivity contribution in [3.8, 4) is 0 Å². The van der Waals surface area contributed by atoms with Crippen LogP contribution in [0, 0.1) is 5.82 Å². The predicted molar refractivity (Wildman–Crippen MR) is 97.6 cm³/mol. The van der Waals surface area contributed by atoms with E-state index in [0.29, 0.717) is 25.2 Å². The topological polar surface area (TPSA) is 104 Å². The van der Waals surface area contributed by atoms with E-state index >= 15 is 0 Å². The molecule has 28 heavy (non-hydrogen) atoms. The van der Waals surface area contributed by atoms with Crippen LogP contribution in [0.25, 0.3) is 0 Å². The van der Waals surface area contributed by atoms with Crippen molar-refractivity contribution in [2.24, 2.45) is 5.10 Å². The molecule has 2 aliphatic rings. The summed E-state index contributed by atoms with van der Waals surface area (Å²) in [5, 5.41) is 7.60. The van der Waals surface area contributed by atoms with Crippen LogP contribution in [0.15, 0.2) is 23.3 Å². The van der Waals surface area contributed by atoms with Crippen LogP contribution in [0.2, 0.25) is 0 Å². The van der Waals surface area contributed by atoms with Gasteiger partial charge in [0.1, 0.15) is 18.3 Å². The number of ether oxygens (including phenoxy) is 2. The van der Waals surface area contributed by atoms with E-state index in [-0.39, 0.29) is 25.4 Å². The van der Waals surface area contributed by atoms with Gasteiger partial charge >= 0.3 is 12.2 Å². The van der Waals surface area contributed by atoms with Crippen LogP contribution in [0.4, 0.5) is 25.4 Å². The number of hydrogen-bond acceptors (Lipinski definition) is 7. The molecule has 0 aromatic heterocycles. The highest BCUT2D eigenvalue weighted by Gasteiger charge is 2.33. The molecule has 1 saturated heterocycles. The van der Waals surface area contributed by atoms with Gasteiger partial charge in [-0.15, -0.1) is 0 Å². The number of rotatable bonds is 6. The van der Waals surface area contributed by atoms with Gasteiger partial charge in [-0.05, 0) is 25.1 Å². The molecule has 150 valence electrons. The van der Waals surface area contributed by atoms with E-state index in [1.54, 1.807) is 17.9 Å². The Bertz CT molecular complexity index is 789. The second-order valence-electron chi connectivity index (χ2n) is 6.05. The molecule has 0 bridgehead atoms. The molecule has 0 spiro atoms. The fourth-order valence-electron chi connectivity index (χ4n) is 2.83. The molecule has 1 aromatic rings. The first-order valence-corrected chi connectivity index (χ1v) is 8.72. The number of hydrazone groups is 1. The second kappa shape index (κ2) is 8.55. The number of carbonyl (C=O) groups is 3. The maximum Gasteiger partial charge on any atom is 0.414 e. The number of hydrogen-bond donors (Lipinski definition) is 1. The molecule has 1 atom stereocenters. The Morgan fingerprint density at radius 3 is 2.93 bits per heavy atom. The third-order valence-electron chi connectivity index (χ3n) is 4.21. The van der Waals surface area contributed by atoms with Crippen LogP contribution in [0.1, 0.15) is 6.92 Å². The highest BCUT2D eigenvalue weighted by molar-refractivity contribution is 5.90. The molecule has 1 aromatic carbocycles. The highest BCUT2D eigenvalue weighted by atomic mass is 19.1. The van der Waals surface area contributed by atoms with E-state index in [1.807, 2.05) is 0 Å². The molecule has 10 nitrogen and oxygen atoms in total. The van der Waals surface area contributed by atoms with E-state index in [2.05, 4.69) is 10.4 Å². The first kappa shape index (κ1) is 19.4. The van der Waals surface area contributed by atoms with Crippen LogP contribution >= 0.6 is 0 Å². The third-order valence-corrected chi connectivity index (χ3v) is 4.21. The molecule has 1 N–H and O–H groups in total. The normalized spacial score (nSPS) is 18.9. The van der Waals surface area contributed by atoms with E-state index in [9.17, 15) is 18.8 Å². The van der Waals surface area contributed by atoms with Crippen molar-refractivity contribution in [1.29, 1.82) is 0 Å². The van der Waals surface area contributed by atoms with Gasteiger partial charge in [0.15, 0.2) is 0 Å². The first-order valence-electron chi connectivity index (χ1n) is 8.72. The number of carbonyl (C=O) groups excluding carboxylic acids is 3. The molecule has 3 amide bonds. The maximum atomic E-state index is 14.6. The number of nitrogens with zero attached hydrogens (tertiary/aromatic N) is 4. The Kier molecular flexibility index (Phi) is 5.92. The zero-order valence-electron chi connectivity index (χ0n) is 15.2. The van der Waals surface area contributed by atoms with Crippen LogP contribution in [-0.2, 0) is 14.3 Å². The quantitative estimate of drug-likeness (QED) is 0.727. The minimum Gasteiger partial charge on any atom is -0.450 e. The van der Waals surface area contributed by atoms with Crippen molar-refractivity contribution >= 4 is 36.3 Å². The predicted octanol–water partition coefficient (Wildman–Crippen LogP) is 1.12. The van der Waals surface area contributed by atoms with Crippen LogP contribution in [-0.4, -0.2) is 68.8 Å². The van der Waals surface area contributed by atoms with Crippen LogP contribution in [0.3, 0.4) is 0 Å². The van der Waals surface area contributed by atoms with Crippen molar-refractivity contribution in [3.63, 3.8) is 0 Å². The Labute approximate surface area is 160 Å². The Balaban J connectivity index is 1.64. The summed E-state index contributed by atoms with van der Waals surface area (Å²) in [6.45, 7) is 2.93. The molecule has 0 saturated carbocycles. The summed E-state index contributed by atoms with van der Waals surface area (Å²) < 4.78 is 24.5. The number of alkyl carbamates (subject to hydrolysis) is 1. The summed E-state index contributed by atoms with van der Waals surface area (Å²) >= 11 is 0. The fourth-order valence-corrected chi connectivity index (χ4v) is 2.83. The fraction of sp³-hybridized carbons (Fsp3) is 0.412. The van der Waals surface area contributed by atoms with Gasteiger partial charge in [0.25, 0.3) is 0 Å². The lowest BCUT2D eigenvalue weighted by molar-refractivity contribution is -0.118. The van der Waals surface area contributed by atoms with Crippen molar-refractivity contribution in [1.82, 2.24) is 10.3 Å². The number of amides is 3. The molecular formula is C17H20FN5O5. The molecule has 3 rings (SSSR count). The van der Waals surface area contributed by atoms with E-state index in [4.69, 9.17) is 9.47 Å². The lowest BCUT2D eigenvalue weighted by Crippen LogP contribution is -2.37. The lowest BCUT2D eigenvalue weighted by atomic mass is 10.2. The van der Waals surface area contributed by atoms with Gasteiger partial charge in [-0.2, -0.15) is 5.10 Å². The molecule has 2 heterocycles.